The summed E-state index contributed by atoms with van der Waals surface area (Å²) in [6.07, 6.45) is 17.3. The van der Waals surface area contributed by atoms with Gasteiger partial charge < -0.3 is 0 Å². The fraction of sp³-hybridized carbons (Fsp3) is 0.750. The van der Waals surface area contributed by atoms with Gasteiger partial charge in [-0.05, 0) is 31.6 Å². The average molecular weight is 222 g/mol. The van der Waals surface area contributed by atoms with Crippen molar-refractivity contribution in [3.63, 3.8) is 0 Å². The van der Waals surface area contributed by atoms with E-state index in [0.29, 0.717) is 0 Å². The van der Waals surface area contributed by atoms with Crippen LogP contribution in [0.15, 0.2) is 12.2 Å². The smallest absolute Gasteiger partial charge is 0.0351 e. The van der Waals surface area contributed by atoms with Crippen molar-refractivity contribution in [1.29, 1.82) is 0 Å². The third-order valence-corrected chi connectivity index (χ3v) is 3.05. The molecule has 0 aliphatic heterocycles. The van der Waals surface area contributed by atoms with E-state index < -0.39 is 0 Å². The minimum absolute atomic E-state index is 0.900. The molecule has 0 fully saturated rings. The highest BCUT2D eigenvalue weighted by atomic mass is 14.1. The summed E-state index contributed by atoms with van der Waals surface area (Å²) in [4.78, 5) is 0. The molecule has 0 heterocycles. The molecule has 94 valence electrons. The van der Waals surface area contributed by atoms with Crippen molar-refractivity contribution in [2.75, 3.05) is 0 Å². The zero-order chi connectivity index (χ0) is 12.1. The average Bonchev–Trinajstić information content (AvgIpc) is 2.30. The Morgan fingerprint density at radius 1 is 0.812 bits per heavy atom. The summed E-state index contributed by atoms with van der Waals surface area (Å²) in [5, 5.41) is 0. The van der Waals surface area contributed by atoms with E-state index in [-0.39, 0.29) is 0 Å². The van der Waals surface area contributed by atoms with Crippen LogP contribution in [0.1, 0.15) is 71.1 Å². The first-order chi connectivity index (χ1) is 7.81. The number of hydrogen-bond acceptors (Lipinski definition) is 0. The molecule has 0 aromatic rings. The summed E-state index contributed by atoms with van der Waals surface area (Å²) in [7, 11) is 0. The van der Waals surface area contributed by atoms with Gasteiger partial charge in [-0.25, -0.2) is 0 Å². The van der Waals surface area contributed by atoms with Gasteiger partial charge in [-0.1, -0.05) is 71.4 Å². The van der Waals surface area contributed by atoms with Crippen LogP contribution in [0.4, 0.5) is 0 Å². The van der Waals surface area contributed by atoms with Gasteiger partial charge in [0, 0.05) is 0 Å². The van der Waals surface area contributed by atoms with Crippen LogP contribution in [0.5, 0.6) is 0 Å². The maximum Gasteiger partial charge on any atom is -0.0351 e. The van der Waals surface area contributed by atoms with Crippen LogP contribution in [0.3, 0.4) is 0 Å². The Morgan fingerprint density at radius 3 is 2.00 bits per heavy atom. The number of unbranched alkanes of at least 4 members (excludes halogenated alkanes) is 5. The molecule has 0 saturated carbocycles. The van der Waals surface area contributed by atoms with Crippen LogP contribution < -0.4 is 0 Å². The predicted octanol–water partition coefficient (Wildman–Crippen LogP) is 5.75. The first kappa shape index (κ1) is 15.7. The molecule has 0 aromatic carbocycles. The maximum absolute atomic E-state index is 3.89. The molecule has 0 N–H and O–H groups in total. The lowest BCUT2D eigenvalue weighted by Crippen LogP contribution is -1.94. The van der Waals surface area contributed by atoms with Crippen LogP contribution in [0.25, 0.3) is 0 Å². The molecule has 0 aromatic heterocycles. The van der Waals surface area contributed by atoms with Crippen LogP contribution in [-0.2, 0) is 0 Å². The molecular weight excluding hydrogens is 192 g/mol. The van der Waals surface area contributed by atoms with Gasteiger partial charge in [0.15, 0.2) is 0 Å². The highest BCUT2D eigenvalue weighted by molar-refractivity contribution is 4.81. The van der Waals surface area contributed by atoms with Gasteiger partial charge in [-0.3, -0.25) is 0 Å². The first-order valence-electron chi connectivity index (χ1n) is 7.04. The second kappa shape index (κ2) is 12.8. The van der Waals surface area contributed by atoms with Crippen molar-refractivity contribution in [1.82, 2.24) is 0 Å². The largest absolute Gasteiger partial charge is 0.0885 e. The van der Waals surface area contributed by atoms with Gasteiger partial charge in [0.1, 0.15) is 0 Å². The molecule has 0 aliphatic rings. The molecule has 0 bridgehead atoms. The third kappa shape index (κ3) is 11.8. The topological polar surface area (TPSA) is 0 Å². The van der Waals surface area contributed by atoms with Gasteiger partial charge in [0.25, 0.3) is 0 Å². The summed E-state index contributed by atoms with van der Waals surface area (Å²) < 4.78 is 0. The van der Waals surface area contributed by atoms with E-state index in [1.807, 2.05) is 0 Å². The SMILES string of the molecule is [CH2]CCC/C=C/CCCCC(C)CCC[CH2]. The van der Waals surface area contributed by atoms with E-state index in [1.165, 1.54) is 51.4 Å². The van der Waals surface area contributed by atoms with Crippen molar-refractivity contribution < 1.29 is 0 Å². The monoisotopic (exact) mass is 222 g/mol. The van der Waals surface area contributed by atoms with Crippen molar-refractivity contribution in [2.24, 2.45) is 5.92 Å². The Hall–Kier alpha value is -0.260. The molecule has 16 heavy (non-hydrogen) atoms. The first-order valence-corrected chi connectivity index (χ1v) is 7.04. The second-order valence-electron chi connectivity index (χ2n) is 4.85. The van der Waals surface area contributed by atoms with Gasteiger partial charge in [0.2, 0.25) is 0 Å². The zero-order valence-corrected chi connectivity index (χ0v) is 11.2. The Balaban J connectivity index is 3.16. The zero-order valence-electron chi connectivity index (χ0n) is 11.2. The van der Waals surface area contributed by atoms with Gasteiger partial charge in [-0.2, -0.15) is 0 Å². The molecule has 0 amide bonds. The molecule has 2 radical (unpaired) electrons. The summed E-state index contributed by atoms with van der Waals surface area (Å²) in [6.45, 7) is 10.1. The van der Waals surface area contributed by atoms with Crippen molar-refractivity contribution in [3.05, 3.63) is 26.0 Å². The lowest BCUT2D eigenvalue weighted by atomic mass is 9.97. The lowest BCUT2D eigenvalue weighted by molar-refractivity contribution is 0.454. The summed E-state index contributed by atoms with van der Waals surface area (Å²) >= 11 is 0. The third-order valence-electron chi connectivity index (χ3n) is 3.05. The molecule has 1 atom stereocenters. The normalized spacial score (nSPS) is 13.4. The summed E-state index contributed by atoms with van der Waals surface area (Å²) in [6, 6.07) is 0. The van der Waals surface area contributed by atoms with Gasteiger partial charge in [0.05, 0.1) is 0 Å². The summed E-state index contributed by atoms with van der Waals surface area (Å²) in [5.41, 5.74) is 0. The Kier molecular flexibility index (Phi) is 12.6. The number of allylic oxidation sites excluding steroid dienone is 2. The molecule has 1 unspecified atom stereocenters. The standard InChI is InChI=1S/C16H30/c1-4-6-8-9-10-11-12-13-15-16(3)14-7-5-2/h9-10,16H,1-2,4-8,11-15H2,3H3/b10-9+. The van der Waals surface area contributed by atoms with Crippen molar-refractivity contribution in [2.45, 2.75) is 71.1 Å². The Bertz CT molecular complexity index is 146. The molecule has 0 nitrogen and oxygen atoms in total. The minimum Gasteiger partial charge on any atom is -0.0885 e. The molecule has 0 aliphatic carbocycles. The van der Waals surface area contributed by atoms with E-state index >= 15 is 0 Å². The molecular formula is C16H30. The van der Waals surface area contributed by atoms with Crippen molar-refractivity contribution >= 4 is 0 Å². The summed E-state index contributed by atoms with van der Waals surface area (Å²) in [5.74, 6) is 0.900. The van der Waals surface area contributed by atoms with E-state index in [4.69, 9.17) is 0 Å². The van der Waals surface area contributed by atoms with Crippen LogP contribution in [0, 0.1) is 19.8 Å². The quantitative estimate of drug-likeness (QED) is 0.308. The fourth-order valence-corrected chi connectivity index (χ4v) is 1.89. The van der Waals surface area contributed by atoms with Crippen LogP contribution >= 0.6 is 0 Å². The van der Waals surface area contributed by atoms with E-state index in [2.05, 4.69) is 32.9 Å². The van der Waals surface area contributed by atoms with Gasteiger partial charge >= 0.3 is 0 Å². The second-order valence-corrected chi connectivity index (χ2v) is 4.85. The molecule has 0 saturated heterocycles. The van der Waals surface area contributed by atoms with Crippen LogP contribution in [0.2, 0.25) is 0 Å². The molecule has 0 spiro atoms. The highest BCUT2D eigenvalue weighted by Crippen LogP contribution is 2.15. The van der Waals surface area contributed by atoms with Gasteiger partial charge in [-0.15, -0.1) is 0 Å². The number of hydrogen-bond donors (Lipinski definition) is 0. The van der Waals surface area contributed by atoms with E-state index in [1.54, 1.807) is 0 Å². The number of rotatable bonds is 11. The Labute approximate surface area is 104 Å². The predicted molar refractivity (Wildman–Crippen MR) is 75.2 cm³/mol. The molecule has 0 heteroatoms. The fourth-order valence-electron chi connectivity index (χ4n) is 1.89. The highest BCUT2D eigenvalue weighted by Gasteiger charge is 2.00. The van der Waals surface area contributed by atoms with E-state index in [9.17, 15) is 0 Å². The van der Waals surface area contributed by atoms with Crippen LogP contribution in [-0.4, -0.2) is 0 Å². The minimum atomic E-state index is 0.900. The van der Waals surface area contributed by atoms with E-state index in [0.717, 1.165) is 18.8 Å². The Morgan fingerprint density at radius 2 is 1.38 bits per heavy atom. The lowest BCUT2D eigenvalue weighted by Gasteiger charge is -2.09. The van der Waals surface area contributed by atoms with Crippen molar-refractivity contribution in [3.8, 4) is 0 Å². The maximum atomic E-state index is 3.89. The molecule has 0 rings (SSSR count).